The van der Waals surface area contributed by atoms with E-state index in [2.05, 4.69) is 19.9 Å². The Kier molecular flexibility index (Phi) is 9.79. The summed E-state index contributed by atoms with van der Waals surface area (Å²) in [6.45, 7) is 4.72. The van der Waals surface area contributed by atoms with Gasteiger partial charge in [-0.25, -0.2) is 8.78 Å². The lowest BCUT2D eigenvalue weighted by Gasteiger charge is -2.30. The number of benzene rings is 2. The number of aryl methyl sites for hydroxylation is 1. The van der Waals surface area contributed by atoms with Crippen molar-refractivity contribution in [2.75, 3.05) is 6.61 Å². The molecule has 0 amide bonds. The molecule has 2 fully saturated rings. The summed E-state index contributed by atoms with van der Waals surface area (Å²) in [7, 11) is 0. The Hall–Kier alpha value is -1.97. The monoisotopic (exact) mass is 500 g/mol. The first-order chi connectivity index (χ1) is 17.5. The van der Waals surface area contributed by atoms with Crippen LogP contribution in [0.15, 0.2) is 30.3 Å². The van der Waals surface area contributed by atoms with Gasteiger partial charge in [0.25, 0.3) is 0 Å². The normalized spacial score (nSPS) is 24.6. The fourth-order valence-electron chi connectivity index (χ4n) is 6.40. The van der Waals surface area contributed by atoms with Crippen molar-refractivity contribution in [3.05, 3.63) is 64.5 Å². The van der Waals surface area contributed by atoms with Crippen LogP contribution in [0.25, 0.3) is 0 Å². The molecule has 0 aromatic heterocycles. The molecule has 0 saturated heterocycles. The summed E-state index contributed by atoms with van der Waals surface area (Å²) in [6.07, 6.45) is 13.2. The molecule has 2 aliphatic rings. The molecular formula is C32H43F3O. The molecule has 0 aliphatic heterocycles. The van der Waals surface area contributed by atoms with E-state index in [1.165, 1.54) is 12.8 Å². The van der Waals surface area contributed by atoms with E-state index in [0.717, 1.165) is 87.7 Å². The zero-order chi connectivity index (χ0) is 25.5. The van der Waals surface area contributed by atoms with Gasteiger partial charge >= 0.3 is 0 Å². The maximum Gasteiger partial charge on any atom is 0.200 e. The van der Waals surface area contributed by atoms with Crippen molar-refractivity contribution in [3.63, 3.8) is 0 Å². The lowest BCUT2D eigenvalue weighted by atomic mass is 9.77. The fourth-order valence-corrected chi connectivity index (χ4v) is 6.40. The molecular weight excluding hydrogens is 457 g/mol. The number of rotatable bonds is 10. The molecule has 1 nitrogen and oxygen atoms in total. The van der Waals surface area contributed by atoms with Crippen molar-refractivity contribution in [3.8, 4) is 5.75 Å². The summed E-state index contributed by atoms with van der Waals surface area (Å²) in [5, 5.41) is 0. The fraction of sp³-hybridized carbons (Fsp3) is 0.625. The molecule has 0 radical (unpaired) electrons. The molecule has 0 atom stereocenters. The van der Waals surface area contributed by atoms with Crippen molar-refractivity contribution < 1.29 is 17.9 Å². The van der Waals surface area contributed by atoms with Crippen LogP contribution in [-0.2, 0) is 6.42 Å². The van der Waals surface area contributed by atoms with Crippen molar-refractivity contribution in [1.29, 1.82) is 0 Å². The number of hydrogen-bond acceptors (Lipinski definition) is 1. The van der Waals surface area contributed by atoms with Gasteiger partial charge in [0, 0.05) is 0 Å². The Morgan fingerprint density at radius 2 is 1.44 bits per heavy atom. The van der Waals surface area contributed by atoms with Crippen LogP contribution in [0, 0.1) is 29.3 Å². The second-order valence-electron chi connectivity index (χ2n) is 11.3. The molecule has 4 rings (SSSR count). The van der Waals surface area contributed by atoms with Gasteiger partial charge in [0.1, 0.15) is 5.82 Å². The Labute approximate surface area is 215 Å². The van der Waals surface area contributed by atoms with Crippen molar-refractivity contribution in [2.24, 2.45) is 11.8 Å². The van der Waals surface area contributed by atoms with Gasteiger partial charge in [0.05, 0.1) is 6.61 Å². The van der Waals surface area contributed by atoms with Gasteiger partial charge in [-0.3, -0.25) is 0 Å². The Balaban J connectivity index is 1.27. The van der Waals surface area contributed by atoms with Crippen molar-refractivity contribution in [1.82, 2.24) is 0 Å². The molecule has 198 valence electrons. The van der Waals surface area contributed by atoms with Crippen LogP contribution < -0.4 is 4.74 Å². The summed E-state index contributed by atoms with van der Waals surface area (Å²) in [6, 6.07) is 9.13. The van der Waals surface area contributed by atoms with E-state index in [4.69, 9.17) is 4.74 Å². The zero-order valence-corrected chi connectivity index (χ0v) is 22.1. The van der Waals surface area contributed by atoms with Gasteiger partial charge in [0.15, 0.2) is 11.6 Å². The van der Waals surface area contributed by atoms with E-state index >= 15 is 0 Å². The average molecular weight is 501 g/mol. The maximum atomic E-state index is 14.9. The Morgan fingerprint density at radius 3 is 2.11 bits per heavy atom. The molecule has 0 bridgehead atoms. The zero-order valence-electron chi connectivity index (χ0n) is 22.1. The van der Waals surface area contributed by atoms with Crippen LogP contribution in [0.5, 0.6) is 5.75 Å². The largest absolute Gasteiger partial charge is 0.490 e. The Morgan fingerprint density at radius 1 is 0.750 bits per heavy atom. The second kappa shape index (κ2) is 13.0. The topological polar surface area (TPSA) is 9.23 Å². The highest BCUT2D eigenvalue weighted by molar-refractivity contribution is 5.33. The molecule has 2 saturated carbocycles. The molecule has 0 heterocycles. The van der Waals surface area contributed by atoms with E-state index in [-0.39, 0.29) is 17.5 Å². The highest BCUT2D eigenvalue weighted by Crippen LogP contribution is 2.40. The molecule has 2 aromatic rings. The average Bonchev–Trinajstić information content (AvgIpc) is 2.90. The summed E-state index contributed by atoms with van der Waals surface area (Å²) >= 11 is 0. The van der Waals surface area contributed by atoms with E-state index < -0.39 is 11.6 Å². The quantitative estimate of drug-likeness (QED) is 0.315. The van der Waals surface area contributed by atoms with Crippen LogP contribution in [-0.4, -0.2) is 6.61 Å². The van der Waals surface area contributed by atoms with Gasteiger partial charge < -0.3 is 4.74 Å². The van der Waals surface area contributed by atoms with Crippen molar-refractivity contribution in [2.45, 2.75) is 109 Å². The third kappa shape index (κ3) is 6.66. The number of hydrogen-bond donors (Lipinski definition) is 0. The van der Waals surface area contributed by atoms with Gasteiger partial charge in [-0.1, -0.05) is 51.3 Å². The summed E-state index contributed by atoms with van der Waals surface area (Å²) in [5.74, 6) is -0.0921. The van der Waals surface area contributed by atoms with Gasteiger partial charge in [0.2, 0.25) is 5.82 Å². The number of ether oxygens (including phenoxy) is 1. The van der Waals surface area contributed by atoms with E-state index in [9.17, 15) is 13.2 Å². The van der Waals surface area contributed by atoms with E-state index in [1.54, 1.807) is 18.2 Å². The summed E-state index contributed by atoms with van der Waals surface area (Å²) in [4.78, 5) is 0. The summed E-state index contributed by atoms with van der Waals surface area (Å²) in [5.41, 5.74) is 2.41. The van der Waals surface area contributed by atoms with Crippen molar-refractivity contribution >= 4 is 0 Å². The van der Waals surface area contributed by atoms with E-state index in [1.807, 2.05) is 6.07 Å². The molecule has 2 aliphatic carbocycles. The van der Waals surface area contributed by atoms with Crippen LogP contribution in [0.4, 0.5) is 13.2 Å². The van der Waals surface area contributed by atoms with E-state index in [0.29, 0.717) is 24.0 Å². The minimum Gasteiger partial charge on any atom is -0.490 e. The lowest BCUT2D eigenvalue weighted by Crippen LogP contribution is -2.20. The molecule has 0 spiro atoms. The van der Waals surface area contributed by atoms with Crippen LogP contribution >= 0.6 is 0 Å². The predicted octanol–water partition coefficient (Wildman–Crippen LogP) is 9.87. The predicted molar refractivity (Wildman–Crippen MR) is 141 cm³/mol. The van der Waals surface area contributed by atoms with Crippen LogP contribution in [0.3, 0.4) is 0 Å². The minimum absolute atomic E-state index is 0.0304. The molecule has 2 aromatic carbocycles. The van der Waals surface area contributed by atoms with Gasteiger partial charge in [-0.05, 0) is 117 Å². The summed E-state index contributed by atoms with van der Waals surface area (Å²) < 4.78 is 50.1. The standard InChI is InChI=1S/C32H43F3O/c1-3-5-7-26-16-17-27(20-29(26)33)24-12-10-23(11-13-24)21-36-30-19-18-28(31(34)32(30)35)25-14-8-22(6-4-2)9-15-25/h16-20,22-25H,3-15,21H2,1-2H3. The molecule has 0 N–H and O–H groups in total. The molecule has 4 heteroatoms. The maximum absolute atomic E-state index is 14.9. The first-order valence-corrected chi connectivity index (χ1v) is 14.4. The smallest absolute Gasteiger partial charge is 0.200 e. The third-order valence-corrected chi connectivity index (χ3v) is 8.73. The van der Waals surface area contributed by atoms with Crippen LogP contribution in [0.1, 0.15) is 119 Å². The first-order valence-electron chi connectivity index (χ1n) is 14.4. The molecule has 36 heavy (non-hydrogen) atoms. The molecule has 0 unspecified atom stereocenters. The van der Waals surface area contributed by atoms with Gasteiger partial charge in [-0.2, -0.15) is 4.39 Å². The number of unbranched alkanes of at least 4 members (excludes halogenated alkanes) is 1. The van der Waals surface area contributed by atoms with Crippen LogP contribution in [0.2, 0.25) is 0 Å². The Bertz CT molecular complexity index is 972. The third-order valence-electron chi connectivity index (χ3n) is 8.73. The first kappa shape index (κ1) is 27.1. The van der Waals surface area contributed by atoms with Gasteiger partial charge in [-0.15, -0.1) is 0 Å². The minimum atomic E-state index is -0.837. The highest BCUT2D eigenvalue weighted by Gasteiger charge is 2.27. The highest BCUT2D eigenvalue weighted by atomic mass is 19.2. The number of halogens is 3. The second-order valence-corrected chi connectivity index (χ2v) is 11.3. The lowest BCUT2D eigenvalue weighted by molar-refractivity contribution is 0.192. The SMILES string of the molecule is CCCCc1ccc(C2CCC(COc3ccc(C4CCC(CCC)CC4)c(F)c3F)CC2)cc1F.